The maximum absolute atomic E-state index is 12.5. The molecule has 0 bridgehead atoms. The number of nitrogens with zero attached hydrogens (tertiary/aromatic N) is 3. The first-order chi connectivity index (χ1) is 12.3. The van der Waals surface area contributed by atoms with Gasteiger partial charge in [-0.05, 0) is 12.5 Å². The second-order valence-electron chi connectivity index (χ2n) is 4.86. The molecule has 1 aromatic heterocycles. The molecule has 11 heteroatoms. The van der Waals surface area contributed by atoms with E-state index in [1.54, 1.807) is 6.92 Å². The monoisotopic (exact) mass is 373 g/mol. The Kier molecular flexibility index (Phi) is 5.93. The second kappa shape index (κ2) is 7.95. The van der Waals surface area contributed by atoms with Gasteiger partial charge in [-0.25, -0.2) is 9.86 Å². The fourth-order valence-electron chi connectivity index (χ4n) is 1.89. The standard InChI is InChI=1S/C15H14F3N3O5/c1-3-25-13(23)12(22)21(24-2)8-9-4-6-10(7-5-9)11-19-14(26-20-11)15(16,17)18/h4-7H,3,8H2,1-2H3. The molecule has 26 heavy (non-hydrogen) atoms. The van der Waals surface area contributed by atoms with E-state index in [2.05, 4.69) is 19.4 Å². The van der Waals surface area contributed by atoms with Crippen molar-refractivity contribution in [3.63, 3.8) is 0 Å². The second-order valence-corrected chi connectivity index (χ2v) is 4.86. The quantitative estimate of drug-likeness (QED) is 0.450. The third-order valence-corrected chi connectivity index (χ3v) is 3.10. The third-order valence-electron chi connectivity index (χ3n) is 3.10. The maximum Gasteiger partial charge on any atom is 0.471 e. The van der Waals surface area contributed by atoms with E-state index in [0.717, 1.165) is 5.06 Å². The number of esters is 1. The van der Waals surface area contributed by atoms with Crippen molar-refractivity contribution in [2.45, 2.75) is 19.6 Å². The first-order valence-corrected chi connectivity index (χ1v) is 7.29. The van der Waals surface area contributed by atoms with Crippen LogP contribution < -0.4 is 0 Å². The molecule has 0 saturated carbocycles. The fraction of sp³-hybridized carbons (Fsp3) is 0.333. The van der Waals surface area contributed by atoms with E-state index < -0.39 is 23.9 Å². The molecule has 0 aliphatic carbocycles. The summed E-state index contributed by atoms with van der Waals surface area (Å²) in [7, 11) is 1.21. The highest BCUT2D eigenvalue weighted by Crippen LogP contribution is 2.29. The Labute approximate surface area is 145 Å². The van der Waals surface area contributed by atoms with E-state index in [0.29, 0.717) is 5.56 Å². The van der Waals surface area contributed by atoms with E-state index in [9.17, 15) is 22.8 Å². The number of carbonyl (C=O) groups excluding carboxylic acids is 2. The zero-order chi connectivity index (χ0) is 19.3. The van der Waals surface area contributed by atoms with Crippen LogP contribution in [0.5, 0.6) is 0 Å². The SMILES string of the molecule is CCOC(=O)C(=O)N(Cc1ccc(-c2noc(C(F)(F)F)n2)cc1)OC. The lowest BCUT2D eigenvalue weighted by Gasteiger charge is -2.18. The van der Waals surface area contributed by atoms with Crippen LogP contribution in [-0.4, -0.2) is 40.8 Å². The minimum absolute atomic E-state index is 0.0431. The number of rotatable bonds is 5. The molecule has 1 aromatic carbocycles. The highest BCUT2D eigenvalue weighted by atomic mass is 19.4. The summed E-state index contributed by atoms with van der Waals surface area (Å²) in [5.74, 6) is -3.71. The van der Waals surface area contributed by atoms with E-state index in [-0.39, 0.29) is 24.5 Å². The van der Waals surface area contributed by atoms with Gasteiger partial charge in [-0.15, -0.1) is 0 Å². The van der Waals surface area contributed by atoms with Gasteiger partial charge >= 0.3 is 23.9 Å². The number of ether oxygens (including phenoxy) is 1. The first kappa shape index (κ1) is 19.4. The number of carbonyl (C=O) groups is 2. The zero-order valence-electron chi connectivity index (χ0n) is 13.7. The number of halogens is 3. The molecule has 0 atom stereocenters. The van der Waals surface area contributed by atoms with Gasteiger partial charge in [0.05, 0.1) is 20.3 Å². The van der Waals surface area contributed by atoms with Gasteiger partial charge in [-0.1, -0.05) is 29.4 Å². The molecule has 2 aromatic rings. The average Bonchev–Trinajstić information content (AvgIpc) is 3.10. The van der Waals surface area contributed by atoms with E-state index >= 15 is 0 Å². The van der Waals surface area contributed by atoms with Gasteiger partial charge in [0.15, 0.2) is 0 Å². The number of hydroxylamine groups is 2. The van der Waals surface area contributed by atoms with E-state index in [1.165, 1.54) is 31.4 Å². The molecule has 8 nitrogen and oxygen atoms in total. The van der Waals surface area contributed by atoms with Gasteiger partial charge < -0.3 is 9.26 Å². The number of alkyl halides is 3. The maximum atomic E-state index is 12.5. The highest BCUT2D eigenvalue weighted by Gasteiger charge is 2.38. The molecule has 0 aliphatic rings. The molecule has 0 fully saturated rings. The molecule has 1 heterocycles. The summed E-state index contributed by atoms with van der Waals surface area (Å²) in [4.78, 5) is 31.4. The van der Waals surface area contributed by atoms with Crippen molar-refractivity contribution >= 4 is 11.9 Å². The molecular formula is C15H14F3N3O5. The lowest BCUT2D eigenvalue weighted by molar-refractivity contribution is -0.190. The normalized spacial score (nSPS) is 11.3. The van der Waals surface area contributed by atoms with Crippen LogP contribution in [0.25, 0.3) is 11.4 Å². The van der Waals surface area contributed by atoms with Gasteiger partial charge in [-0.2, -0.15) is 18.2 Å². The van der Waals surface area contributed by atoms with Crippen molar-refractivity contribution in [2.75, 3.05) is 13.7 Å². The molecular weight excluding hydrogens is 359 g/mol. The van der Waals surface area contributed by atoms with Crippen LogP contribution in [0.4, 0.5) is 13.2 Å². The topological polar surface area (TPSA) is 94.8 Å². The van der Waals surface area contributed by atoms with Crippen LogP contribution in [0, 0.1) is 0 Å². The Morgan fingerprint density at radius 2 is 1.88 bits per heavy atom. The minimum Gasteiger partial charge on any atom is -0.459 e. The van der Waals surface area contributed by atoms with Crippen molar-refractivity contribution in [1.82, 2.24) is 15.2 Å². The molecule has 0 saturated heterocycles. The molecule has 140 valence electrons. The van der Waals surface area contributed by atoms with Gasteiger partial charge in [0.25, 0.3) is 0 Å². The van der Waals surface area contributed by atoms with Gasteiger partial charge in [-0.3, -0.25) is 9.63 Å². The molecule has 0 aliphatic heterocycles. The van der Waals surface area contributed by atoms with Gasteiger partial charge in [0, 0.05) is 5.56 Å². The minimum atomic E-state index is -4.72. The van der Waals surface area contributed by atoms with Crippen molar-refractivity contribution < 1.29 is 36.9 Å². The predicted molar refractivity (Wildman–Crippen MR) is 78.9 cm³/mol. The predicted octanol–water partition coefficient (Wildman–Crippen LogP) is 2.21. The van der Waals surface area contributed by atoms with Gasteiger partial charge in [0.1, 0.15) is 0 Å². The van der Waals surface area contributed by atoms with Crippen LogP contribution in [0.3, 0.4) is 0 Å². The molecule has 0 unspecified atom stereocenters. The zero-order valence-corrected chi connectivity index (χ0v) is 13.7. The lowest BCUT2D eigenvalue weighted by Crippen LogP contribution is -2.36. The Morgan fingerprint density at radius 3 is 2.38 bits per heavy atom. The Bertz CT molecular complexity index is 774. The van der Waals surface area contributed by atoms with Crippen molar-refractivity contribution in [3.8, 4) is 11.4 Å². The summed E-state index contributed by atoms with van der Waals surface area (Å²) in [5.41, 5.74) is 0.835. The lowest BCUT2D eigenvalue weighted by atomic mass is 10.1. The van der Waals surface area contributed by atoms with Crippen LogP contribution in [-0.2, 0) is 31.9 Å². The highest BCUT2D eigenvalue weighted by molar-refractivity contribution is 6.32. The van der Waals surface area contributed by atoms with Crippen LogP contribution >= 0.6 is 0 Å². The fourth-order valence-corrected chi connectivity index (χ4v) is 1.89. The van der Waals surface area contributed by atoms with Crippen molar-refractivity contribution in [2.24, 2.45) is 0 Å². The summed E-state index contributed by atoms with van der Waals surface area (Å²) < 4.78 is 46.2. The average molecular weight is 373 g/mol. The molecule has 0 spiro atoms. The molecule has 1 amide bonds. The van der Waals surface area contributed by atoms with Crippen LogP contribution in [0.2, 0.25) is 0 Å². The van der Waals surface area contributed by atoms with Crippen molar-refractivity contribution in [1.29, 1.82) is 0 Å². The third kappa shape index (κ3) is 4.57. The van der Waals surface area contributed by atoms with Crippen molar-refractivity contribution in [3.05, 3.63) is 35.7 Å². The Balaban J connectivity index is 2.10. The molecule has 0 N–H and O–H groups in total. The first-order valence-electron chi connectivity index (χ1n) is 7.29. The molecule has 2 rings (SSSR count). The summed E-state index contributed by atoms with van der Waals surface area (Å²) in [6.45, 7) is 1.53. The number of aromatic nitrogens is 2. The van der Waals surface area contributed by atoms with E-state index in [4.69, 9.17) is 4.84 Å². The number of hydrogen-bond acceptors (Lipinski definition) is 7. The summed E-state index contributed by atoms with van der Waals surface area (Å²) >= 11 is 0. The number of amides is 1. The Hall–Kier alpha value is -2.95. The summed E-state index contributed by atoms with van der Waals surface area (Å²) in [6.07, 6.45) is -4.72. The largest absolute Gasteiger partial charge is 0.471 e. The molecule has 0 radical (unpaired) electrons. The van der Waals surface area contributed by atoms with E-state index in [1.807, 2.05) is 0 Å². The Morgan fingerprint density at radius 1 is 1.23 bits per heavy atom. The number of benzene rings is 1. The smallest absolute Gasteiger partial charge is 0.459 e. The summed E-state index contributed by atoms with van der Waals surface area (Å²) in [6, 6.07) is 5.93. The summed E-state index contributed by atoms with van der Waals surface area (Å²) in [5, 5.41) is 4.07. The van der Waals surface area contributed by atoms with Crippen LogP contribution in [0.1, 0.15) is 18.4 Å². The number of hydrogen-bond donors (Lipinski definition) is 0. The van der Waals surface area contributed by atoms with Gasteiger partial charge in [0.2, 0.25) is 5.82 Å². The van der Waals surface area contributed by atoms with Crippen LogP contribution in [0.15, 0.2) is 28.8 Å².